The topological polar surface area (TPSA) is 37.8 Å². The van der Waals surface area contributed by atoms with Crippen LogP contribution in [-0.2, 0) is 0 Å². The molecule has 1 aliphatic carbocycles. The highest BCUT2D eigenvalue weighted by atomic mass is 19.1. The Hall–Kier alpha value is -1.97. The van der Waals surface area contributed by atoms with Crippen molar-refractivity contribution in [2.24, 2.45) is 0 Å². The standard InChI is InChI=1S/C16H18FN3/c1-3-18-15-9-14(19-16(20-15)11-4-5-11)13-7-6-12(17)8-10(13)2/h6-9,11H,3-5H2,1-2H3,(H,18,19,20). The van der Waals surface area contributed by atoms with Gasteiger partial charge in [0.1, 0.15) is 17.5 Å². The van der Waals surface area contributed by atoms with Crippen molar-refractivity contribution in [3.8, 4) is 11.3 Å². The lowest BCUT2D eigenvalue weighted by Crippen LogP contribution is -2.04. The van der Waals surface area contributed by atoms with Crippen LogP contribution in [0.5, 0.6) is 0 Å². The molecule has 0 spiro atoms. The van der Waals surface area contributed by atoms with Gasteiger partial charge in [0.25, 0.3) is 0 Å². The van der Waals surface area contributed by atoms with E-state index in [0.29, 0.717) is 5.92 Å². The highest BCUT2D eigenvalue weighted by Gasteiger charge is 2.27. The van der Waals surface area contributed by atoms with E-state index in [1.807, 2.05) is 19.9 Å². The van der Waals surface area contributed by atoms with Crippen molar-refractivity contribution in [3.63, 3.8) is 0 Å². The van der Waals surface area contributed by atoms with Crippen molar-refractivity contribution in [2.75, 3.05) is 11.9 Å². The number of halogens is 1. The number of nitrogens with zero attached hydrogens (tertiary/aromatic N) is 2. The Labute approximate surface area is 118 Å². The molecule has 0 atom stereocenters. The summed E-state index contributed by atoms with van der Waals surface area (Å²) in [5.74, 6) is 2.04. The quantitative estimate of drug-likeness (QED) is 0.916. The lowest BCUT2D eigenvalue weighted by atomic mass is 10.1. The summed E-state index contributed by atoms with van der Waals surface area (Å²) >= 11 is 0. The first kappa shape index (κ1) is 13.0. The van der Waals surface area contributed by atoms with Crippen LogP contribution in [0.2, 0.25) is 0 Å². The lowest BCUT2D eigenvalue weighted by molar-refractivity contribution is 0.627. The van der Waals surface area contributed by atoms with Gasteiger partial charge in [-0.15, -0.1) is 0 Å². The zero-order valence-corrected chi connectivity index (χ0v) is 11.8. The van der Waals surface area contributed by atoms with Gasteiger partial charge in [0.05, 0.1) is 5.69 Å². The van der Waals surface area contributed by atoms with Gasteiger partial charge in [-0.25, -0.2) is 14.4 Å². The van der Waals surface area contributed by atoms with Gasteiger partial charge in [0.2, 0.25) is 0 Å². The van der Waals surface area contributed by atoms with Gasteiger partial charge in [-0.2, -0.15) is 0 Å². The van der Waals surface area contributed by atoms with Gasteiger partial charge in [0.15, 0.2) is 0 Å². The molecule has 20 heavy (non-hydrogen) atoms. The molecule has 1 heterocycles. The number of aromatic nitrogens is 2. The molecule has 1 aromatic carbocycles. The number of anilines is 1. The summed E-state index contributed by atoms with van der Waals surface area (Å²) in [4.78, 5) is 9.23. The molecule has 2 aromatic rings. The van der Waals surface area contributed by atoms with Gasteiger partial charge in [-0.3, -0.25) is 0 Å². The number of hydrogen-bond acceptors (Lipinski definition) is 3. The zero-order chi connectivity index (χ0) is 14.1. The maximum absolute atomic E-state index is 13.2. The van der Waals surface area contributed by atoms with Gasteiger partial charge >= 0.3 is 0 Å². The second kappa shape index (κ2) is 5.19. The molecule has 0 bridgehead atoms. The summed E-state index contributed by atoms with van der Waals surface area (Å²) in [7, 11) is 0. The van der Waals surface area contributed by atoms with Crippen LogP contribution in [0.15, 0.2) is 24.3 Å². The molecule has 0 saturated heterocycles. The molecule has 3 rings (SSSR count). The molecule has 1 aromatic heterocycles. The lowest BCUT2D eigenvalue weighted by Gasteiger charge is -2.10. The summed E-state index contributed by atoms with van der Waals surface area (Å²) < 4.78 is 13.2. The van der Waals surface area contributed by atoms with Crippen molar-refractivity contribution >= 4 is 5.82 Å². The molecule has 1 fully saturated rings. The van der Waals surface area contributed by atoms with E-state index < -0.39 is 0 Å². The predicted molar refractivity (Wildman–Crippen MR) is 78.3 cm³/mol. The van der Waals surface area contributed by atoms with E-state index >= 15 is 0 Å². The largest absolute Gasteiger partial charge is 0.370 e. The number of benzene rings is 1. The van der Waals surface area contributed by atoms with Gasteiger partial charge in [0, 0.05) is 24.1 Å². The molecule has 104 valence electrons. The van der Waals surface area contributed by atoms with E-state index in [4.69, 9.17) is 0 Å². The number of hydrogen-bond donors (Lipinski definition) is 1. The number of rotatable bonds is 4. The monoisotopic (exact) mass is 271 g/mol. The van der Waals surface area contributed by atoms with E-state index in [1.165, 1.54) is 6.07 Å². The molecule has 0 aliphatic heterocycles. The molecular weight excluding hydrogens is 253 g/mol. The van der Waals surface area contributed by atoms with Crippen LogP contribution in [0, 0.1) is 12.7 Å². The first-order chi connectivity index (χ1) is 9.67. The van der Waals surface area contributed by atoms with E-state index in [-0.39, 0.29) is 5.82 Å². The molecule has 0 unspecified atom stereocenters. The van der Waals surface area contributed by atoms with Crippen molar-refractivity contribution in [1.82, 2.24) is 9.97 Å². The minimum Gasteiger partial charge on any atom is -0.370 e. The van der Waals surface area contributed by atoms with E-state index in [9.17, 15) is 4.39 Å². The first-order valence-electron chi connectivity index (χ1n) is 7.06. The SMILES string of the molecule is CCNc1cc(-c2ccc(F)cc2C)nc(C2CC2)n1. The van der Waals surface area contributed by atoms with Gasteiger partial charge in [-0.1, -0.05) is 0 Å². The Morgan fingerprint density at radius 1 is 1.25 bits per heavy atom. The molecule has 0 amide bonds. The van der Waals surface area contributed by atoms with Gasteiger partial charge in [-0.05, 0) is 50.5 Å². The van der Waals surface area contributed by atoms with Crippen molar-refractivity contribution in [3.05, 3.63) is 41.5 Å². The third-order valence-corrected chi connectivity index (χ3v) is 3.51. The Balaban J connectivity index is 2.06. The molecule has 0 radical (unpaired) electrons. The highest BCUT2D eigenvalue weighted by molar-refractivity contribution is 5.66. The van der Waals surface area contributed by atoms with Crippen LogP contribution in [0.25, 0.3) is 11.3 Å². The summed E-state index contributed by atoms with van der Waals surface area (Å²) in [6.45, 7) is 4.77. The second-order valence-corrected chi connectivity index (χ2v) is 5.26. The minimum atomic E-state index is -0.213. The van der Waals surface area contributed by atoms with Crippen molar-refractivity contribution in [2.45, 2.75) is 32.6 Å². The van der Waals surface area contributed by atoms with Crippen LogP contribution in [0.1, 0.15) is 37.1 Å². The van der Waals surface area contributed by atoms with Crippen LogP contribution < -0.4 is 5.32 Å². The second-order valence-electron chi connectivity index (χ2n) is 5.26. The minimum absolute atomic E-state index is 0.213. The Morgan fingerprint density at radius 3 is 2.70 bits per heavy atom. The van der Waals surface area contributed by atoms with Crippen molar-refractivity contribution < 1.29 is 4.39 Å². The summed E-state index contributed by atoms with van der Waals surface area (Å²) in [6.07, 6.45) is 2.33. The van der Waals surface area contributed by atoms with Crippen LogP contribution in [0.4, 0.5) is 10.2 Å². The maximum atomic E-state index is 13.2. The highest BCUT2D eigenvalue weighted by Crippen LogP contribution is 2.39. The fourth-order valence-electron chi connectivity index (χ4n) is 2.31. The summed E-state index contributed by atoms with van der Waals surface area (Å²) in [6, 6.07) is 6.75. The third-order valence-electron chi connectivity index (χ3n) is 3.51. The Bertz CT molecular complexity index is 636. The summed E-state index contributed by atoms with van der Waals surface area (Å²) in [5, 5.41) is 3.25. The molecular formula is C16H18FN3. The third kappa shape index (κ3) is 2.64. The fourth-order valence-corrected chi connectivity index (χ4v) is 2.31. The van der Waals surface area contributed by atoms with E-state index in [0.717, 1.165) is 47.8 Å². The van der Waals surface area contributed by atoms with E-state index in [1.54, 1.807) is 12.1 Å². The van der Waals surface area contributed by atoms with Crippen LogP contribution in [-0.4, -0.2) is 16.5 Å². The molecule has 4 heteroatoms. The zero-order valence-electron chi connectivity index (χ0n) is 11.8. The average Bonchev–Trinajstić information content (AvgIpc) is 3.23. The van der Waals surface area contributed by atoms with Gasteiger partial charge < -0.3 is 5.32 Å². The number of aryl methyl sites for hydroxylation is 1. The van der Waals surface area contributed by atoms with E-state index in [2.05, 4.69) is 15.3 Å². The van der Waals surface area contributed by atoms with Crippen molar-refractivity contribution in [1.29, 1.82) is 0 Å². The molecule has 1 aliphatic rings. The number of nitrogens with one attached hydrogen (secondary N) is 1. The molecule has 1 saturated carbocycles. The summed E-state index contributed by atoms with van der Waals surface area (Å²) in [5.41, 5.74) is 2.73. The predicted octanol–water partition coefficient (Wildman–Crippen LogP) is 3.90. The smallest absolute Gasteiger partial charge is 0.134 e. The average molecular weight is 271 g/mol. The first-order valence-corrected chi connectivity index (χ1v) is 7.06. The van der Waals surface area contributed by atoms with Crippen LogP contribution in [0.3, 0.4) is 0 Å². The molecule has 3 nitrogen and oxygen atoms in total. The van der Waals surface area contributed by atoms with Crippen LogP contribution >= 0.6 is 0 Å². The normalized spacial score (nSPS) is 14.3. The maximum Gasteiger partial charge on any atom is 0.134 e. The fraction of sp³-hybridized carbons (Fsp3) is 0.375. The Kier molecular flexibility index (Phi) is 3.38. The molecule has 1 N–H and O–H groups in total. The Morgan fingerprint density at radius 2 is 2.05 bits per heavy atom.